The fraction of sp³-hybridized carbons (Fsp3) is 0.500. The van der Waals surface area contributed by atoms with Crippen molar-refractivity contribution in [1.29, 1.82) is 0 Å². The summed E-state index contributed by atoms with van der Waals surface area (Å²) in [7, 11) is 0. The molecule has 4 atom stereocenters. The molecule has 3 rings (SSSR count). The summed E-state index contributed by atoms with van der Waals surface area (Å²) in [5, 5.41) is 6.61. The van der Waals surface area contributed by atoms with E-state index in [1.165, 1.54) is 0 Å². The Hall–Kier alpha value is -1.40. The predicted octanol–water partition coefficient (Wildman–Crippen LogP) is 1.69. The van der Waals surface area contributed by atoms with E-state index < -0.39 is 0 Å². The van der Waals surface area contributed by atoms with Crippen LogP contribution in [0.2, 0.25) is 0 Å². The lowest BCUT2D eigenvalue weighted by Gasteiger charge is -2.28. The molecule has 0 bridgehead atoms. The van der Waals surface area contributed by atoms with E-state index >= 15 is 0 Å². The number of rotatable bonds is 6. The molecule has 2 aliphatic heterocycles. The summed E-state index contributed by atoms with van der Waals surface area (Å²) in [6, 6.07) is 10.4. The number of hydrazine groups is 1. The molecule has 0 spiro atoms. The van der Waals surface area contributed by atoms with Crippen LogP contribution in [0.4, 0.5) is 0 Å². The number of piperidine rings is 1. The van der Waals surface area contributed by atoms with Crippen molar-refractivity contribution in [2.45, 2.75) is 37.4 Å². The van der Waals surface area contributed by atoms with E-state index in [2.05, 4.69) is 40.2 Å². The number of nitrogens with one attached hydrogen (secondary N) is 4. The molecule has 2 fully saturated rings. The Morgan fingerprint density at radius 1 is 1.33 bits per heavy atom. The molecule has 0 saturated carbocycles. The maximum atomic E-state index is 12.8. The Bertz CT molecular complexity index is 539. The first kappa shape index (κ1) is 18.9. The van der Waals surface area contributed by atoms with E-state index in [-0.39, 0.29) is 30.4 Å². The second-order valence-electron chi connectivity index (χ2n) is 6.37. The average molecular weight is 351 g/mol. The van der Waals surface area contributed by atoms with Gasteiger partial charge in [0.1, 0.15) is 6.04 Å². The highest BCUT2D eigenvalue weighted by Gasteiger charge is 2.41. The van der Waals surface area contributed by atoms with Crippen LogP contribution in [-0.2, 0) is 4.79 Å². The topological polar surface area (TPSA) is 65.2 Å². The number of hydrogen-bond donors (Lipinski definition) is 4. The molecule has 6 heteroatoms. The van der Waals surface area contributed by atoms with Crippen LogP contribution in [0.5, 0.6) is 0 Å². The van der Waals surface area contributed by atoms with Gasteiger partial charge in [-0.05, 0) is 31.4 Å². The maximum Gasteiger partial charge on any atom is 0.239 e. The Labute approximate surface area is 150 Å². The number of allylic oxidation sites excluding steroid dienone is 1. The predicted molar refractivity (Wildman–Crippen MR) is 98.8 cm³/mol. The first-order valence-electron chi connectivity index (χ1n) is 8.47. The van der Waals surface area contributed by atoms with Crippen molar-refractivity contribution < 1.29 is 4.79 Å². The standard InChI is InChI=1S/C18H26N4O.ClH/c1-2-3-9-15(13-7-5-4-6-8-13)20-18(23)17-14-12-19-11-10-16(14)21-22-17;/h2,4-8,14-17,19,21-22H,1,3,9-12H2,(H,20,23);1H. The van der Waals surface area contributed by atoms with Crippen LogP contribution in [0.25, 0.3) is 0 Å². The fourth-order valence-corrected chi connectivity index (χ4v) is 3.53. The molecule has 5 nitrogen and oxygen atoms in total. The van der Waals surface area contributed by atoms with Gasteiger partial charge in [0.05, 0.1) is 6.04 Å². The van der Waals surface area contributed by atoms with Crippen LogP contribution in [0.15, 0.2) is 43.0 Å². The van der Waals surface area contributed by atoms with Crippen molar-refractivity contribution in [3.05, 3.63) is 48.6 Å². The lowest BCUT2D eigenvalue weighted by Crippen LogP contribution is -2.49. The number of amides is 1. The first-order valence-corrected chi connectivity index (χ1v) is 8.47. The van der Waals surface area contributed by atoms with Gasteiger partial charge in [-0.1, -0.05) is 36.4 Å². The zero-order valence-corrected chi connectivity index (χ0v) is 14.6. The molecule has 132 valence electrons. The number of halogens is 1. The molecule has 24 heavy (non-hydrogen) atoms. The minimum Gasteiger partial charge on any atom is -0.348 e. The van der Waals surface area contributed by atoms with Gasteiger partial charge in [-0.25, -0.2) is 5.43 Å². The Balaban J connectivity index is 0.00000208. The van der Waals surface area contributed by atoms with Crippen LogP contribution >= 0.6 is 12.4 Å². The SMILES string of the molecule is C=CCCC(NC(=O)C1NNC2CCNCC21)c1ccccc1.Cl. The van der Waals surface area contributed by atoms with Crippen LogP contribution in [0, 0.1) is 5.92 Å². The summed E-state index contributed by atoms with van der Waals surface area (Å²) in [6.07, 6.45) is 4.70. The minimum atomic E-state index is -0.178. The minimum absolute atomic E-state index is 0. The van der Waals surface area contributed by atoms with Crippen LogP contribution in [0.3, 0.4) is 0 Å². The van der Waals surface area contributed by atoms with Gasteiger partial charge < -0.3 is 10.6 Å². The van der Waals surface area contributed by atoms with E-state index in [0.29, 0.717) is 12.0 Å². The third-order valence-electron chi connectivity index (χ3n) is 4.84. The zero-order chi connectivity index (χ0) is 16.1. The Morgan fingerprint density at radius 2 is 2.12 bits per heavy atom. The summed E-state index contributed by atoms with van der Waals surface area (Å²) in [5.74, 6) is 0.381. The van der Waals surface area contributed by atoms with Gasteiger partial charge in [0, 0.05) is 18.5 Å². The molecule has 0 aliphatic carbocycles. The Kier molecular flexibility index (Phi) is 7.24. The van der Waals surface area contributed by atoms with E-state index in [9.17, 15) is 4.79 Å². The summed E-state index contributed by atoms with van der Waals surface area (Å²) in [4.78, 5) is 12.8. The zero-order valence-electron chi connectivity index (χ0n) is 13.8. The van der Waals surface area contributed by atoms with Crippen LogP contribution in [-0.4, -0.2) is 31.1 Å². The van der Waals surface area contributed by atoms with Gasteiger partial charge in [0.2, 0.25) is 5.91 Å². The molecular formula is C18H27ClN4O. The molecule has 4 N–H and O–H groups in total. The lowest BCUT2D eigenvalue weighted by atomic mass is 9.88. The highest BCUT2D eigenvalue weighted by atomic mass is 35.5. The third-order valence-corrected chi connectivity index (χ3v) is 4.84. The Morgan fingerprint density at radius 3 is 2.88 bits per heavy atom. The average Bonchev–Trinajstić information content (AvgIpc) is 3.03. The van der Waals surface area contributed by atoms with Gasteiger partial charge >= 0.3 is 0 Å². The number of hydrogen-bond acceptors (Lipinski definition) is 4. The quantitative estimate of drug-likeness (QED) is 0.589. The molecule has 2 heterocycles. The van der Waals surface area contributed by atoms with Crippen molar-refractivity contribution in [3.8, 4) is 0 Å². The van der Waals surface area contributed by atoms with Crippen LogP contribution in [0.1, 0.15) is 30.9 Å². The second-order valence-corrected chi connectivity index (χ2v) is 6.37. The number of benzene rings is 1. The molecule has 1 amide bonds. The molecule has 0 aromatic heterocycles. The van der Waals surface area contributed by atoms with Gasteiger partial charge in [-0.3, -0.25) is 10.2 Å². The van der Waals surface area contributed by atoms with Gasteiger partial charge in [0.15, 0.2) is 0 Å². The molecule has 0 radical (unpaired) electrons. The number of carbonyl (C=O) groups excluding carboxylic acids is 1. The first-order chi connectivity index (χ1) is 11.3. The maximum absolute atomic E-state index is 12.8. The van der Waals surface area contributed by atoms with Gasteiger partial charge in [0.25, 0.3) is 0 Å². The number of carbonyl (C=O) groups is 1. The molecular weight excluding hydrogens is 324 g/mol. The normalized spacial score (nSPS) is 26.8. The second kappa shape index (κ2) is 9.18. The molecule has 2 aliphatic rings. The van der Waals surface area contributed by atoms with Crippen molar-refractivity contribution in [2.75, 3.05) is 13.1 Å². The highest BCUT2D eigenvalue weighted by molar-refractivity contribution is 5.85. The van der Waals surface area contributed by atoms with Crippen molar-refractivity contribution in [3.63, 3.8) is 0 Å². The summed E-state index contributed by atoms with van der Waals surface area (Å²) in [6.45, 7) is 5.68. The number of fused-ring (bicyclic) bond motifs is 1. The van der Waals surface area contributed by atoms with E-state index in [1.54, 1.807) is 0 Å². The molecule has 1 aromatic carbocycles. The summed E-state index contributed by atoms with van der Waals surface area (Å²) >= 11 is 0. The molecule has 1 aromatic rings. The van der Waals surface area contributed by atoms with E-state index in [4.69, 9.17) is 0 Å². The van der Waals surface area contributed by atoms with Crippen molar-refractivity contribution in [1.82, 2.24) is 21.5 Å². The van der Waals surface area contributed by atoms with Crippen LogP contribution < -0.4 is 21.5 Å². The largest absolute Gasteiger partial charge is 0.348 e. The summed E-state index contributed by atoms with van der Waals surface area (Å²) < 4.78 is 0. The van der Waals surface area contributed by atoms with Gasteiger partial charge in [-0.15, -0.1) is 19.0 Å². The fourth-order valence-electron chi connectivity index (χ4n) is 3.53. The monoisotopic (exact) mass is 350 g/mol. The van der Waals surface area contributed by atoms with Crippen molar-refractivity contribution >= 4 is 18.3 Å². The van der Waals surface area contributed by atoms with Gasteiger partial charge in [-0.2, -0.15) is 0 Å². The summed E-state index contributed by atoms with van der Waals surface area (Å²) in [5.41, 5.74) is 7.61. The van der Waals surface area contributed by atoms with E-state index in [0.717, 1.165) is 37.9 Å². The third kappa shape index (κ3) is 4.36. The lowest BCUT2D eigenvalue weighted by molar-refractivity contribution is -0.124. The smallest absolute Gasteiger partial charge is 0.239 e. The van der Waals surface area contributed by atoms with E-state index in [1.807, 2.05) is 24.3 Å². The van der Waals surface area contributed by atoms with Crippen molar-refractivity contribution in [2.24, 2.45) is 5.92 Å². The molecule has 2 saturated heterocycles. The molecule has 4 unspecified atom stereocenters. The highest BCUT2D eigenvalue weighted by Crippen LogP contribution is 2.23.